The Morgan fingerprint density at radius 2 is 1.82 bits per heavy atom. The molecule has 0 amide bonds. The predicted octanol–water partition coefficient (Wildman–Crippen LogP) is 1.65. The molecular weight excluding hydrogens is 238 g/mol. The molecule has 0 aromatic heterocycles. The zero-order valence-corrected chi connectivity index (χ0v) is 11.7. The second kappa shape index (κ2) is 6.71. The lowest BCUT2D eigenvalue weighted by Gasteiger charge is -2.25. The Morgan fingerprint density at radius 3 is 2.29 bits per heavy atom. The lowest BCUT2D eigenvalue weighted by atomic mass is 10.0. The van der Waals surface area contributed by atoms with E-state index in [-0.39, 0.29) is 17.9 Å². The fraction of sp³-hybridized carbons (Fsp3) is 1.00. The van der Waals surface area contributed by atoms with Gasteiger partial charge in [0.15, 0.2) is 0 Å². The SMILES string of the molecule is CC(C)CC(CO)NS(=O)(=O)C1CCCCC1. The number of aliphatic hydroxyl groups excluding tert-OH is 1. The molecule has 1 saturated carbocycles. The number of rotatable bonds is 6. The highest BCUT2D eigenvalue weighted by molar-refractivity contribution is 7.90. The van der Waals surface area contributed by atoms with Gasteiger partial charge >= 0.3 is 0 Å². The average molecular weight is 263 g/mol. The molecule has 0 saturated heterocycles. The van der Waals surface area contributed by atoms with Crippen LogP contribution in [0.15, 0.2) is 0 Å². The molecule has 1 fully saturated rings. The molecule has 1 unspecified atom stereocenters. The van der Waals surface area contributed by atoms with Crippen LogP contribution in [0.2, 0.25) is 0 Å². The van der Waals surface area contributed by atoms with E-state index in [0.717, 1.165) is 32.1 Å². The lowest BCUT2D eigenvalue weighted by Crippen LogP contribution is -2.44. The molecule has 1 atom stereocenters. The fourth-order valence-electron chi connectivity index (χ4n) is 2.43. The summed E-state index contributed by atoms with van der Waals surface area (Å²) < 4.78 is 26.9. The Bertz CT molecular complexity index is 308. The third-order valence-corrected chi connectivity index (χ3v) is 5.31. The van der Waals surface area contributed by atoms with Crippen molar-refractivity contribution in [3.05, 3.63) is 0 Å². The number of sulfonamides is 1. The standard InChI is InChI=1S/C12H25NO3S/c1-10(2)8-11(9-14)13-17(15,16)12-6-4-3-5-7-12/h10-14H,3-9H2,1-2H3. The molecule has 2 N–H and O–H groups in total. The third-order valence-electron chi connectivity index (χ3n) is 3.30. The maximum atomic E-state index is 12.1. The van der Waals surface area contributed by atoms with Crippen LogP contribution in [0.3, 0.4) is 0 Å². The van der Waals surface area contributed by atoms with Crippen LogP contribution in [0.1, 0.15) is 52.4 Å². The first-order valence-electron chi connectivity index (χ1n) is 6.57. The van der Waals surface area contributed by atoms with Gasteiger partial charge in [-0.05, 0) is 25.2 Å². The quantitative estimate of drug-likeness (QED) is 0.765. The summed E-state index contributed by atoms with van der Waals surface area (Å²) in [6.45, 7) is 3.93. The van der Waals surface area contributed by atoms with E-state index in [4.69, 9.17) is 0 Å². The van der Waals surface area contributed by atoms with Gasteiger partial charge in [0.1, 0.15) is 0 Å². The molecule has 1 aliphatic rings. The highest BCUT2D eigenvalue weighted by atomic mass is 32.2. The van der Waals surface area contributed by atoms with E-state index < -0.39 is 10.0 Å². The number of aliphatic hydroxyl groups is 1. The van der Waals surface area contributed by atoms with Gasteiger partial charge in [-0.25, -0.2) is 13.1 Å². The predicted molar refractivity (Wildman–Crippen MR) is 69.3 cm³/mol. The molecular formula is C12H25NO3S. The minimum atomic E-state index is -3.25. The highest BCUT2D eigenvalue weighted by Crippen LogP contribution is 2.23. The average Bonchev–Trinajstić information content (AvgIpc) is 2.28. The minimum absolute atomic E-state index is 0.121. The van der Waals surface area contributed by atoms with Crippen molar-refractivity contribution in [2.45, 2.75) is 63.7 Å². The van der Waals surface area contributed by atoms with Crippen molar-refractivity contribution in [1.82, 2.24) is 4.72 Å². The topological polar surface area (TPSA) is 66.4 Å². The van der Waals surface area contributed by atoms with Crippen LogP contribution in [-0.4, -0.2) is 31.4 Å². The summed E-state index contributed by atoms with van der Waals surface area (Å²) in [6.07, 6.45) is 5.34. The van der Waals surface area contributed by atoms with Gasteiger partial charge in [0.05, 0.1) is 11.9 Å². The summed E-state index contributed by atoms with van der Waals surface area (Å²) >= 11 is 0. The molecule has 102 valence electrons. The van der Waals surface area contributed by atoms with Gasteiger partial charge in [-0.3, -0.25) is 0 Å². The van der Waals surface area contributed by atoms with Gasteiger partial charge in [0.2, 0.25) is 10.0 Å². The molecule has 0 aliphatic heterocycles. The van der Waals surface area contributed by atoms with Crippen LogP contribution < -0.4 is 4.72 Å². The third kappa shape index (κ3) is 4.94. The van der Waals surface area contributed by atoms with E-state index in [9.17, 15) is 13.5 Å². The zero-order valence-electron chi connectivity index (χ0n) is 10.9. The number of hydrogen-bond donors (Lipinski definition) is 2. The normalized spacial score (nSPS) is 20.7. The van der Waals surface area contributed by atoms with E-state index in [2.05, 4.69) is 4.72 Å². The Balaban J connectivity index is 2.56. The zero-order chi connectivity index (χ0) is 12.9. The molecule has 4 nitrogen and oxygen atoms in total. The molecule has 17 heavy (non-hydrogen) atoms. The molecule has 0 heterocycles. The summed E-state index contributed by atoms with van der Waals surface area (Å²) in [5.41, 5.74) is 0. The first-order valence-corrected chi connectivity index (χ1v) is 8.12. The second-order valence-corrected chi connectivity index (χ2v) is 7.42. The van der Waals surface area contributed by atoms with Crippen molar-refractivity contribution in [3.8, 4) is 0 Å². The maximum absolute atomic E-state index is 12.1. The van der Waals surface area contributed by atoms with Gasteiger partial charge in [0.25, 0.3) is 0 Å². The van der Waals surface area contributed by atoms with Crippen molar-refractivity contribution >= 4 is 10.0 Å². The summed E-state index contributed by atoms with van der Waals surface area (Å²) in [5, 5.41) is 8.96. The van der Waals surface area contributed by atoms with E-state index in [1.165, 1.54) is 0 Å². The van der Waals surface area contributed by atoms with Crippen molar-refractivity contribution in [3.63, 3.8) is 0 Å². The van der Waals surface area contributed by atoms with Crippen LogP contribution in [0.5, 0.6) is 0 Å². The van der Waals surface area contributed by atoms with Gasteiger partial charge in [-0.1, -0.05) is 33.1 Å². The molecule has 1 aliphatic carbocycles. The maximum Gasteiger partial charge on any atom is 0.214 e. The largest absolute Gasteiger partial charge is 0.395 e. The molecule has 5 heteroatoms. The van der Waals surface area contributed by atoms with E-state index in [1.807, 2.05) is 13.8 Å². The number of hydrogen-bond acceptors (Lipinski definition) is 3. The lowest BCUT2D eigenvalue weighted by molar-refractivity contribution is 0.239. The molecule has 0 spiro atoms. The molecule has 0 radical (unpaired) electrons. The first-order chi connectivity index (χ1) is 7.95. The van der Waals surface area contributed by atoms with Crippen molar-refractivity contribution in [2.75, 3.05) is 6.61 Å². The van der Waals surface area contributed by atoms with Gasteiger partial charge in [-0.2, -0.15) is 0 Å². The van der Waals surface area contributed by atoms with Crippen LogP contribution in [-0.2, 0) is 10.0 Å². The summed E-state index contributed by atoms with van der Waals surface area (Å²) in [7, 11) is -3.25. The highest BCUT2D eigenvalue weighted by Gasteiger charge is 2.29. The Hall–Kier alpha value is -0.130. The van der Waals surface area contributed by atoms with Crippen LogP contribution in [0.4, 0.5) is 0 Å². The summed E-state index contributed by atoms with van der Waals surface area (Å²) in [4.78, 5) is 0. The molecule has 0 bridgehead atoms. The van der Waals surface area contributed by atoms with E-state index in [0.29, 0.717) is 12.3 Å². The summed E-state index contributed by atoms with van der Waals surface area (Å²) in [6, 6.07) is -0.332. The van der Waals surface area contributed by atoms with E-state index in [1.54, 1.807) is 0 Å². The first kappa shape index (κ1) is 14.9. The second-order valence-electron chi connectivity index (χ2n) is 5.43. The van der Waals surface area contributed by atoms with Gasteiger partial charge in [0, 0.05) is 6.04 Å². The Labute approximate surface area is 105 Å². The Kier molecular flexibility index (Phi) is 5.89. The van der Waals surface area contributed by atoms with Crippen molar-refractivity contribution in [2.24, 2.45) is 5.92 Å². The Morgan fingerprint density at radius 1 is 1.24 bits per heavy atom. The van der Waals surface area contributed by atoms with Gasteiger partial charge in [-0.15, -0.1) is 0 Å². The minimum Gasteiger partial charge on any atom is -0.395 e. The van der Waals surface area contributed by atoms with Crippen LogP contribution in [0, 0.1) is 5.92 Å². The van der Waals surface area contributed by atoms with Crippen molar-refractivity contribution < 1.29 is 13.5 Å². The summed E-state index contributed by atoms with van der Waals surface area (Å²) in [5.74, 6) is 0.376. The molecule has 0 aromatic rings. The monoisotopic (exact) mass is 263 g/mol. The van der Waals surface area contributed by atoms with Crippen molar-refractivity contribution in [1.29, 1.82) is 0 Å². The van der Waals surface area contributed by atoms with Crippen LogP contribution >= 0.6 is 0 Å². The smallest absolute Gasteiger partial charge is 0.214 e. The molecule has 1 rings (SSSR count). The number of nitrogens with one attached hydrogen (secondary N) is 1. The van der Waals surface area contributed by atoms with E-state index >= 15 is 0 Å². The fourth-order valence-corrected chi connectivity index (χ4v) is 4.21. The molecule has 0 aromatic carbocycles. The van der Waals surface area contributed by atoms with Gasteiger partial charge < -0.3 is 5.11 Å². The van der Waals surface area contributed by atoms with Crippen LogP contribution in [0.25, 0.3) is 0 Å².